The summed E-state index contributed by atoms with van der Waals surface area (Å²) in [5, 5.41) is 0. The van der Waals surface area contributed by atoms with Crippen LogP contribution in [-0.4, -0.2) is 27.8 Å². The van der Waals surface area contributed by atoms with Gasteiger partial charge in [0.1, 0.15) is 0 Å². The monoisotopic (exact) mass is 355 g/mol. The van der Waals surface area contributed by atoms with Crippen LogP contribution in [0.5, 0.6) is 0 Å². The Morgan fingerprint density at radius 1 is 1.55 bits per heavy atom. The number of halogens is 1. The molecule has 2 rings (SSSR count). The SMILES string of the molecule is Cc1ncsc1CN(C)C(=O)c1cc(Br)cnc1NN. The second-order valence-corrected chi connectivity index (χ2v) is 6.07. The lowest BCUT2D eigenvalue weighted by molar-refractivity contribution is 0.0786. The lowest BCUT2D eigenvalue weighted by Gasteiger charge is -2.18. The zero-order valence-corrected chi connectivity index (χ0v) is 13.5. The molecule has 6 nitrogen and oxygen atoms in total. The Morgan fingerprint density at radius 2 is 2.30 bits per heavy atom. The molecule has 0 aliphatic carbocycles. The number of hydrogen-bond acceptors (Lipinski definition) is 6. The second kappa shape index (κ2) is 6.29. The summed E-state index contributed by atoms with van der Waals surface area (Å²) >= 11 is 4.84. The van der Waals surface area contributed by atoms with E-state index in [1.54, 1.807) is 29.7 Å². The Balaban J connectivity index is 2.22. The van der Waals surface area contributed by atoms with Gasteiger partial charge in [-0.1, -0.05) is 0 Å². The number of carbonyl (C=O) groups is 1. The largest absolute Gasteiger partial charge is 0.336 e. The normalized spacial score (nSPS) is 10.4. The van der Waals surface area contributed by atoms with Gasteiger partial charge in [-0.25, -0.2) is 15.8 Å². The van der Waals surface area contributed by atoms with Crippen LogP contribution in [0.2, 0.25) is 0 Å². The fourth-order valence-corrected chi connectivity index (χ4v) is 2.85. The van der Waals surface area contributed by atoms with Gasteiger partial charge in [0.2, 0.25) is 0 Å². The minimum Gasteiger partial charge on any atom is -0.336 e. The summed E-state index contributed by atoms with van der Waals surface area (Å²) in [5.41, 5.74) is 5.58. The predicted octanol–water partition coefficient (Wildman–Crippen LogP) is 2.17. The van der Waals surface area contributed by atoms with Gasteiger partial charge in [0.15, 0.2) is 5.82 Å². The van der Waals surface area contributed by atoms with Gasteiger partial charge in [-0.15, -0.1) is 11.3 Å². The van der Waals surface area contributed by atoms with Crippen LogP contribution in [0.1, 0.15) is 20.9 Å². The van der Waals surface area contributed by atoms with Gasteiger partial charge < -0.3 is 10.3 Å². The van der Waals surface area contributed by atoms with Crippen molar-refractivity contribution >= 4 is 39.0 Å². The molecule has 3 N–H and O–H groups in total. The lowest BCUT2D eigenvalue weighted by Crippen LogP contribution is -2.28. The number of aromatic nitrogens is 2. The molecule has 0 radical (unpaired) electrons. The molecule has 106 valence electrons. The molecule has 0 unspecified atom stereocenters. The van der Waals surface area contributed by atoms with Gasteiger partial charge in [0, 0.05) is 22.6 Å². The van der Waals surface area contributed by atoms with E-state index in [4.69, 9.17) is 5.84 Å². The number of nitrogens with two attached hydrogens (primary N) is 1. The van der Waals surface area contributed by atoms with E-state index in [-0.39, 0.29) is 5.91 Å². The van der Waals surface area contributed by atoms with Crippen molar-refractivity contribution in [3.63, 3.8) is 0 Å². The summed E-state index contributed by atoms with van der Waals surface area (Å²) in [5.74, 6) is 5.59. The minimum absolute atomic E-state index is 0.153. The first-order valence-corrected chi connectivity index (χ1v) is 7.46. The van der Waals surface area contributed by atoms with E-state index in [1.165, 1.54) is 11.3 Å². The first-order chi connectivity index (χ1) is 9.52. The third-order valence-corrected chi connectivity index (χ3v) is 4.15. The molecule has 8 heteroatoms. The summed E-state index contributed by atoms with van der Waals surface area (Å²) in [7, 11) is 1.74. The molecule has 20 heavy (non-hydrogen) atoms. The molecule has 0 fully saturated rings. The van der Waals surface area contributed by atoms with Gasteiger partial charge >= 0.3 is 0 Å². The standard InChI is InChI=1S/C12H14BrN5OS/c1-7-10(20-6-16-7)5-18(2)12(19)9-3-8(13)4-15-11(9)17-14/h3-4,6H,5,14H2,1-2H3,(H,15,17). The number of nitrogens with one attached hydrogen (secondary N) is 1. The van der Waals surface area contributed by atoms with E-state index in [0.717, 1.165) is 15.0 Å². The van der Waals surface area contributed by atoms with E-state index in [0.29, 0.717) is 17.9 Å². The zero-order valence-electron chi connectivity index (χ0n) is 11.1. The van der Waals surface area contributed by atoms with Crippen LogP contribution in [0.3, 0.4) is 0 Å². The molecule has 0 aliphatic rings. The smallest absolute Gasteiger partial charge is 0.257 e. The first kappa shape index (κ1) is 14.9. The Labute approximate surface area is 129 Å². The van der Waals surface area contributed by atoms with Crippen LogP contribution in [0.4, 0.5) is 5.82 Å². The van der Waals surface area contributed by atoms with Gasteiger partial charge in [-0.2, -0.15) is 0 Å². The van der Waals surface area contributed by atoms with Gasteiger partial charge in [-0.05, 0) is 28.9 Å². The number of amides is 1. The van der Waals surface area contributed by atoms with Crippen molar-refractivity contribution in [1.82, 2.24) is 14.9 Å². The van der Waals surface area contributed by atoms with E-state index >= 15 is 0 Å². The molecule has 0 spiro atoms. The van der Waals surface area contributed by atoms with Crippen molar-refractivity contribution in [3.8, 4) is 0 Å². The van der Waals surface area contributed by atoms with Gasteiger partial charge in [-0.3, -0.25) is 4.79 Å². The quantitative estimate of drug-likeness (QED) is 0.648. The lowest BCUT2D eigenvalue weighted by atomic mass is 10.2. The number of rotatable bonds is 4. The summed E-state index contributed by atoms with van der Waals surface area (Å²) in [6, 6.07) is 1.69. The van der Waals surface area contributed by atoms with E-state index in [1.807, 2.05) is 6.92 Å². The number of hydrazine groups is 1. The average molecular weight is 356 g/mol. The summed E-state index contributed by atoms with van der Waals surface area (Å²) in [6.07, 6.45) is 1.58. The molecule has 0 atom stereocenters. The van der Waals surface area contributed by atoms with E-state index < -0.39 is 0 Å². The first-order valence-electron chi connectivity index (χ1n) is 5.79. The Hall–Kier alpha value is -1.51. The summed E-state index contributed by atoms with van der Waals surface area (Å²) in [6.45, 7) is 2.43. The maximum Gasteiger partial charge on any atom is 0.257 e. The van der Waals surface area contributed by atoms with Gasteiger partial charge in [0.05, 0.1) is 23.3 Å². The third kappa shape index (κ3) is 3.14. The predicted molar refractivity (Wildman–Crippen MR) is 82.4 cm³/mol. The maximum absolute atomic E-state index is 12.5. The zero-order chi connectivity index (χ0) is 14.7. The fraction of sp³-hybridized carbons (Fsp3) is 0.250. The average Bonchev–Trinajstić information content (AvgIpc) is 2.83. The number of thiazole rings is 1. The van der Waals surface area contributed by atoms with Crippen molar-refractivity contribution in [2.24, 2.45) is 5.84 Å². The number of nitrogen functional groups attached to an aromatic ring is 1. The maximum atomic E-state index is 12.5. The van der Waals surface area contributed by atoms with Crippen LogP contribution >= 0.6 is 27.3 Å². The molecule has 2 aromatic rings. The number of hydrogen-bond donors (Lipinski definition) is 2. The minimum atomic E-state index is -0.153. The number of carbonyl (C=O) groups excluding carboxylic acids is 1. The van der Waals surface area contributed by atoms with Crippen molar-refractivity contribution in [3.05, 3.63) is 38.4 Å². The number of pyridine rings is 1. The molecule has 0 saturated heterocycles. The molecular formula is C12H14BrN5OS. The Morgan fingerprint density at radius 3 is 2.90 bits per heavy atom. The van der Waals surface area contributed by atoms with Crippen molar-refractivity contribution in [2.45, 2.75) is 13.5 Å². The fourth-order valence-electron chi connectivity index (χ4n) is 1.69. The molecule has 2 aromatic heterocycles. The molecule has 0 aromatic carbocycles. The van der Waals surface area contributed by atoms with Crippen LogP contribution in [0.25, 0.3) is 0 Å². The number of aryl methyl sites for hydroxylation is 1. The highest BCUT2D eigenvalue weighted by Crippen LogP contribution is 2.21. The molecule has 2 heterocycles. The van der Waals surface area contributed by atoms with E-state index in [9.17, 15) is 4.79 Å². The summed E-state index contributed by atoms with van der Waals surface area (Å²) < 4.78 is 0.724. The van der Waals surface area contributed by atoms with Crippen molar-refractivity contribution in [2.75, 3.05) is 12.5 Å². The van der Waals surface area contributed by atoms with Crippen molar-refractivity contribution < 1.29 is 4.79 Å². The van der Waals surface area contributed by atoms with Gasteiger partial charge in [0.25, 0.3) is 5.91 Å². The summed E-state index contributed by atoms with van der Waals surface area (Å²) in [4.78, 5) is 23.4. The van der Waals surface area contributed by atoms with Crippen LogP contribution in [0.15, 0.2) is 22.2 Å². The molecule has 0 aliphatic heterocycles. The molecule has 0 saturated carbocycles. The third-order valence-electron chi connectivity index (χ3n) is 2.79. The number of nitrogens with zero attached hydrogens (tertiary/aromatic N) is 3. The topological polar surface area (TPSA) is 84.1 Å². The Kier molecular flexibility index (Phi) is 4.69. The molecule has 0 bridgehead atoms. The number of anilines is 1. The van der Waals surface area contributed by atoms with Crippen LogP contribution in [0, 0.1) is 6.92 Å². The highest BCUT2D eigenvalue weighted by molar-refractivity contribution is 9.10. The highest BCUT2D eigenvalue weighted by Gasteiger charge is 2.18. The highest BCUT2D eigenvalue weighted by atomic mass is 79.9. The molecule has 1 amide bonds. The van der Waals surface area contributed by atoms with Crippen molar-refractivity contribution in [1.29, 1.82) is 0 Å². The Bertz CT molecular complexity index is 630. The second-order valence-electron chi connectivity index (χ2n) is 4.22. The molecular weight excluding hydrogens is 342 g/mol. The van der Waals surface area contributed by atoms with Crippen LogP contribution in [-0.2, 0) is 6.54 Å². The van der Waals surface area contributed by atoms with E-state index in [2.05, 4.69) is 31.3 Å². The van der Waals surface area contributed by atoms with Crippen LogP contribution < -0.4 is 11.3 Å².